The van der Waals surface area contributed by atoms with Gasteiger partial charge in [0.05, 0.1) is 5.02 Å². The van der Waals surface area contributed by atoms with Crippen molar-refractivity contribution in [2.45, 2.75) is 20.3 Å². The summed E-state index contributed by atoms with van der Waals surface area (Å²) in [7, 11) is 0. The number of halogens is 1. The quantitative estimate of drug-likeness (QED) is 0.881. The summed E-state index contributed by atoms with van der Waals surface area (Å²) in [6.45, 7) is 5.37. The lowest BCUT2D eigenvalue weighted by molar-refractivity contribution is 0.0764. The van der Waals surface area contributed by atoms with Crippen molar-refractivity contribution in [1.82, 2.24) is 4.90 Å². The molecule has 0 bridgehead atoms. The van der Waals surface area contributed by atoms with Gasteiger partial charge in [-0.05, 0) is 31.5 Å². The van der Waals surface area contributed by atoms with Crippen LogP contribution in [0.5, 0.6) is 5.75 Å². The van der Waals surface area contributed by atoms with Crippen LogP contribution in [0.3, 0.4) is 0 Å². The molecule has 1 N–H and O–H groups in total. The van der Waals surface area contributed by atoms with Crippen LogP contribution in [-0.2, 0) is 0 Å². The molecule has 88 valence electrons. The van der Waals surface area contributed by atoms with Crippen molar-refractivity contribution in [1.29, 1.82) is 0 Å². The molecule has 3 nitrogen and oxygen atoms in total. The minimum absolute atomic E-state index is 0.00300. The third-order valence-electron chi connectivity index (χ3n) is 2.36. The monoisotopic (exact) mass is 241 g/mol. The van der Waals surface area contributed by atoms with Gasteiger partial charge in [-0.1, -0.05) is 18.5 Å². The van der Waals surface area contributed by atoms with Gasteiger partial charge >= 0.3 is 0 Å². The second-order valence-corrected chi connectivity index (χ2v) is 3.96. The van der Waals surface area contributed by atoms with E-state index in [4.69, 9.17) is 11.6 Å². The Labute approximate surface area is 101 Å². The Morgan fingerprint density at radius 1 is 1.44 bits per heavy atom. The fourth-order valence-corrected chi connectivity index (χ4v) is 1.68. The number of carbonyl (C=O) groups excluding carboxylic acids is 1. The highest BCUT2D eigenvalue weighted by atomic mass is 35.5. The highest BCUT2D eigenvalue weighted by Crippen LogP contribution is 2.24. The topological polar surface area (TPSA) is 40.5 Å². The van der Waals surface area contributed by atoms with Crippen LogP contribution >= 0.6 is 11.6 Å². The molecule has 0 saturated carbocycles. The van der Waals surface area contributed by atoms with Gasteiger partial charge < -0.3 is 10.0 Å². The molecular formula is C12H16ClNO2. The number of phenols is 1. The van der Waals surface area contributed by atoms with Crippen LogP contribution in [0.1, 0.15) is 30.6 Å². The second-order valence-electron chi connectivity index (χ2n) is 3.55. The largest absolute Gasteiger partial charge is 0.506 e. The zero-order chi connectivity index (χ0) is 12.1. The zero-order valence-corrected chi connectivity index (χ0v) is 10.3. The molecule has 1 aromatic carbocycles. The van der Waals surface area contributed by atoms with Crippen LogP contribution in [0, 0.1) is 0 Å². The van der Waals surface area contributed by atoms with Gasteiger partial charge in [-0.15, -0.1) is 0 Å². The van der Waals surface area contributed by atoms with Gasteiger partial charge in [-0.25, -0.2) is 0 Å². The van der Waals surface area contributed by atoms with Crippen molar-refractivity contribution in [2.75, 3.05) is 13.1 Å². The second kappa shape index (κ2) is 5.75. The van der Waals surface area contributed by atoms with Crippen LogP contribution in [0.25, 0.3) is 0 Å². The first-order chi connectivity index (χ1) is 7.60. The number of hydrogen-bond donors (Lipinski definition) is 1. The molecule has 1 rings (SSSR count). The van der Waals surface area contributed by atoms with Gasteiger partial charge in [0, 0.05) is 18.7 Å². The summed E-state index contributed by atoms with van der Waals surface area (Å²) in [6, 6.07) is 4.52. The first-order valence-electron chi connectivity index (χ1n) is 5.38. The molecule has 0 atom stereocenters. The fourth-order valence-electron chi connectivity index (χ4n) is 1.50. The highest BCUT2D eigenvalue weighted by molar-refractivity contribution is 6.32. The predicted molar refractivity (Wildman–Crippen MR) is 65.0 cm³/mol. The van der Waals surface area contributed by atoms with Crippen LogP contribution in [-0.4, -0.2) is 29.0 Å². The van der Waals surface area contributed by atoms with Crippen LogP contribution in [0.15, 0.2) is 18.2 Å². The minimum Gasteiger partial charge on any atom is -0.506 e. The van der Waals surface area contributed by atoms with E-state index < -0.39 is 0 Å². The average molecular weight is 242 g/mol. The van der Waals surface area contributed by atoms with Gasteiger partial charge in [-0.2, -0.15) is 0 Å². The number of amides is 1. The van der Waals surface area contributed by atoms with Crippen molar-refractivity contribution >= 4 is 17.5 Å². The summed E-state index contributed by atoms with van der Waals surface area (Å²) in [5, 5.41) is 9.47. The number of rotatable bonds is 4. The van der Waals surface area contributed by atoms with E-state index in [0.29, 0.717) is 12.1 Å². The van der Waals surface area contributed by atoms with Crippen molar-refractivity contribution in [3.05, 3.63) is 28.8 Å². The maximum Gasteiger partial charge on any atom is 0.253 e. The molecule has 0 aromatic heterocycles. The molecule has 0 aliphatic rings. The van der Waals surface area contributed by atoms with E-state index in [0.717, 1.165) is 13.0 Å². The maximum absolute atomic E-state index is 12.0. The van der Waals surface area contributed by atoms with Gasteiger partial charge in [0.15, 0.2) is 0 Å². The summed E-state index contributed by atoms with van der Waals surface area (Å²) in [4.78, 5) is 13.8. The maximum atomic E-state index is 12.0. The van der Waals surface area contributed by atoms with E-state index in [1.807, 2.05) is 13.8 Å². The first-order valence-corrected chi connectivity index (χ1v) is 5.75. The fraction of sp³-hybridized carbons (Fsp3) is 0.417. The van der Waals surface area contributed by atoms with E-state index in [2.05, 4.69) is 0 Å². The first kappa shape index (κ1) is 12.8. The molecule has 1 amide bonds. The summed E-state index contributed by atoms with van der Waals surface area (Å²) in [5.41, 5.74) is 0.512. The highest BCUT2D eigenvalue weighted by Gasteiger charge is 2.14. The Morgan fingerprint density at radius 2 is 2.12 bits per heavy atom. The molecular weight excluding hydrogens is 226 g/mol. The van der Waals surface area contributed by atoms with Crippen LogP contribution < -0.4 is 0 Å². The zero-order valence-electron chi connectivity index (χ0n) is 9.53. The predicted octanol–water partition coefficient (Wildman–Crippen LogP) is 2.92. The number of phenolic OH excluding ortho intramolecular Hbond substituents is 1. The lowest BCUT2D eigenvalue weighted by atomic mass is 10.2. The number of carbonyl (C=O) groups is 1. The molecule has 0 saturated heterocycles. The molecule has 0 fully saturated rings. The Morgan fingerprint density at radius 3 is 2.62 bits per heavy atom. The lowest BCUT2D eigenvalue weighted by Gasteiger charge is -2.20. The number of nitrogens with zero attached hydrogens (tertiary/aromatic N) is 1. The Kier molecular flexibility index (Phi) is 4.62. The summed E-state index contributed by atoms with van der Waals surface area (Å²) in [6.07, 6.45) is 0.922. The van der Waals surface area contributed by atoms with E-state index in [-0.39, 0.29) is 16.7 Å². The minimum atomic E-state index is -0.0498. The summed E-state index contributed by atoms with van der Waals surface area (Å²) >= 11 is 5.76. The average Bonchev–Trinajstić information content (AvgIpc) is 2.28. The van der Waals surface area contributed by atoms with Crippen molar-refractivity contribution < 1.29 is 9.90 Å². The summed E-state index contributed by atoms with van der Waals surface area (Å²) in [5.74, 6) is -0.0528. The molecule has 0 radical (unpaired) electrons. The molecule has 4 heteroatoms. The molecule has 0 heterocycles. The molecule has 0 aliphatic carbocycles. The number of benzene rings is 1. The van der Waals surface area contributed by atoms with Gasteiger partial charge in [0.1, 0.15) is 5.75 Å². The van der Waals surface area contributed by atoms with E-state index in [1.54, 1.807) is 11.0 Å². The van der Waals surface area contributed by atoms with Crippen molar-refractivity contribution in [3.8, 4) is 5.75 Å². The third-order valence-corrected chi connectivity index (χ3v) is 2.66. The van der Waals surface area contributed by atoms with Crippen molar-refractivity contribution in [2.24, 2.45) is 0 Å². The van der Waals surface area contributed by atoms with E-state index in [1.165, 1.54) is 12.1 Å². The SMILES string of the molecule is CCCN(CC)C(=O)c1ccc(O)c(Cl)c1. The Hall–Kier alpha value is -1.22. The lowest BCUT2D eigenvalue weighted by Crippen LogP contribution is -2.31. The standard InChI is InChI=1S/C12H16ClNO2/c1-3-7-14(4-2)12(16)9-5-6-11(15)10(13)8-9/h5-6,8,15H,3-4,7H2,1-2H3. The van der Waals surface area contributed by atoms with Crippen molar-refractivity contribution in [3.63, 3.8) is 0 Å². The molecule has 1 aromatic rings. The van der Waals surface area contributed by atoms with Gasteiger partial charge in [-0.3, -0.25) is 4.79 Å². The molecule has 16 heavy (non-hydrogen) atoms. The number of hydrogen-bond acceptors (Lipinski definition) is 2. The Bertz CT molecular complexity index is 379. The number of aromatic hydroxyl groups is 1. The molecule has 0 spiro atoms. The smallest absolute Gasteiger partial charge is 0.253 e. The summed E-state index contributed by atoms with van der Waals surface area (Å²) < 4.78 is 0. The van der Waals surface area contributed by atoms with Gasteiger partial charge in [0.2, 0.25) is 0 Å². The van der Waals surface area contributed by atoms with Crippen LogP contribution in [0.2, 0.25) is 5.02 Å². The van der Waals surface area contributed by atoms with Gasteiger partial charge in [0.25, 0.3) is 5.91 Å². The molecule has 0 aliphatic heterocycles. The van der Waals surface area contributed by atoms with E-state index >= 15 is 0 Å². The third kappa shape index (κ3) is 2.89. The van der Waals surface area contributed by atoms with E-state index in [9.17, 15) is 9.90 Å². The van der Waals surface area contributed by atoms with Crippen LogP contribution in [0.4, 0.5) is 0 Å². The Balaban J connectivity index is 2.90. The normalized spacial score (nSPS) is 10.2. The molecule has 0 unspecified atom stereocenters.